The smallest absolute Gasteiger partial charge is 0.280 e. The summed E-state index contributed by atoms with van der Waals surface area (Å²) < 4.78 is 40.7. The van der Waals surface area contributed by atoms with Gasteiger partial charge in [0.1, 0.15) is 11.8 Å². The molecule has 1 aliphatic heterocycles. The molecule has 1 aromatic carbocycles. The topological polar surface area (TPSA) is 71.8 Å². The molecule has 1 fully saturated rings. The van der Waals surface area contributed by atoms with Crippen molar-refractivity contribution in [2.45, 2.75) is 18.9 Å². The summed E-state index contributed by atoms with van der Waals surface area (Å²) in [6, 6.07) is 12.4. The average Bonchev–Trinajstić information content (AvgIpc) is 3.16. The van der Waals surface area contributed by atoms with Crippen LogP contribution in [0, 0.1) is 5.92 Å². The molecule has 1 aliphatic rings. The van der Waals surface area contributed by atoms with Gasteiger partial charge in [-0.2, -0.15) is 17.4 Å². The number of methoxy groups -OCH3 is 1. The third-order valence-corrected chi connectivity index (χ3v) is 6.12. The molecule has 0 saturated carbocycles. The Morgan fingerprint density at radius 3 is 2.52 bits per heavy atom. The molecule has 0 spiro atoms. The van der Waals surface area contributed by atoms with E-state index in [1.165, 1.54) is 4.31 Å². The zero-order chi connectivity index (χ0) is 17.7. The number of benzene rings is 1. The molecule has 0 radical (unpaired) electrons. The maximum absolute atomic E-state index is 12.9. The van der Waals surface area contributed by atoms with Crippen molar-refractivity contribution in [3.63, 3.8) is 0 Å². The maximum Gasteiger partial charge on any atom is 0.280 e. The Balaban J connectivity index is 1.75. The van der Waals surface area contributed by atoms with Crippen molar-refractivity contribution in [1.82, 2.24) is 9.03 Å². The lowest BCUT2D eigenvalue weighted by molar-refractivity contribution is 0.121. The monoisotopic (exact) mass is 364 g/mol. The first kappa shape index (κ1) is 18.1. The van der Waals surface area contributed by atoms with Gasteiger partial charge in [0, 0.05) is 26.8 Å². The van der Waals surface area contributed by atoms with E-state index < -0.39 is 16.3 Å². The van der Waals surface area contributed by atoms with Crippen molar-refractivity contribution in [3.8, 4) is 0 Å². The van der Waals surface area contributed by atoms with Crippen molar-refractivity contribution in [1.29, 1.82) is 0 Å². The van der Waals surface area contributed by atoms with E-state index in [2.05, 4.69) is 4.72 Å². The van der Waals surface area contributed by atoms with Crippen LogP contribution in [0.1, 0.15) is 30.2 Å². The summed E-state index contributed by atoms with van der Waals surface area (Å²) in [7, 11) is -1.93. The van der Waals surface area contributed by atoms with Gasteiger partial charge in [0.25, 0.3) is 10.2 Å². The lowest BCUT2D eigenvalue weighted by Crippen LogP contribution is -2.46. The van der Waals surface area contributed by atoms with Crippen molar-refractivity contribution >= 4 is 10.2 Å². The zero-order valence-corrected chi connectivity index (χ0v) is 15.1. The minimum atomic E-state index is -3.61. The first-order valence-electron chi connectivity index (χ1n) is 8.45. The minimum absolute atomic E-state index is 0.423. The van der Waals surface area contributed by atoms with Gasteiger partial charge in [-0.1, -0.05) is 30.3 Å². The van der Waals surface area contributed by atoms with E-state index >= 15 is 0 Å². The van der Waals surface area contributed by atoms with Gasteiger partial charge in [-0.15, -0.1) is 0 Å². The molecule has 2 heterocycles. The van der Waals surface area contributed by atoms with Crippen molar-refractivity contribution in [2.75, 3.05) is 26.8 Å². The summed E-state index contributed by atoms with van der Waals surface area (Å²) in [6.07, 6.45) is 3.17. The largest absolute Gasteiger partial charge is 0.467 e. The van der Waals surface area contributed by atoms with Gasteiger partial charge in [-0.3, -0.25) is 0 Å². The van der Waals surface area contributed by atoms with Gasteiger partial charge in [-0.25, -0.2) is 0 Å². The van der Waals surface area contributed by atoms with E-state index in [-0.39, 0.29) is 0 Å². The summed E-state index contributed by atoms with van der Waals surface area (Å²) in [4.78, 5) is 0. The summed E-state index contributed by atoms with van der Waals surface area (Å²) in [5, 5.41) is 0. The molecule has 6 nitrogen and oxygen atoms in total. The normalized spacial score (nSPS) is 18.3. The second-order valence-corrected chi connectivity index (χ2v) is 7.98. The van der Waals surface area contributed by atoms with Gasteiger partial charge in [-0.05, 0) is 36.5 Å². The van der Waals surface area contributed by atoms with Gasteiger partial charge in [0.15, 0.2) is 0 Å². The summed E-state index contributed by atoms with van der Waals surface area (Å²) >= 11 is 0. The van der Waals surface area contributed by atoms with Crippen LogP contribution in [0.15, 0.2) is 53.1 Å². The molecular weight excluding hydrogens is 340 g/mol. The Morgan fingerprint density at radius 1 is 1.20 bits per heavy atom. The van der Waals surface area contributed by atoms with E-state index in [4.69, 9.17) is 9.15 Å². The Kier molecular flexibility index (Phi) is 5.90. The van der Waals surface area contributed by atoms with Crippen LogP contribution in [0.2, 0.25) is 0 Å². The van der Waals surface area contributed by atoms with Crippen molar-refractivity contribution < 1.29 is 17.6 Å². The van der Waals surface area contributed by atoms with E-state index in [0.29, 0.717) is 31.4 Å². The van der Waals surface area contributed by atoms with Gasteiger partial charge < -0.3 is 9.15 Å². The summed E-state index contributed by atoms with van der Waals surface area (Å²) in [6.45, 7) is 1.69. The van der Waals surface area contributed by atoms with Crippen LogP contribution in [0.25, 0.3) is 0 Å². The molecule has 0 aliphatic carbocycles. The molecule has 2 aromatic rings. The molecular formula is C18H24N2O4S. The summed E-state index contributed by atoms with van der Waals surface area (Å²) in [5.74, 6) is 0.996. The fourth-order valence-electron chi connectivity index (χ4n) is 3.17. The Hall–Kier alpha value is -1.67. The third kappa shape index (κ3) is 4.49. The lowest BCUT2D eigenvalue weighted by atomic mass is 9.99. The van der Waals surface area contributed by atoms with Crippen LogP contribution >= 0.6 is 0 Å². The zero-order valence-electron chi connectivity index (χ0n) is 14.3. The Bertz CT molecular complexity index is 739. The molecule has 0 bridgehead atoms. The highest BCUT2D eigenvalue weighted by Crippen LogP contribution is 2.25. The highest BCUT2D eigenvalue weighted by atomic mass is 32.2. The number of hydrogen-bond donors (Lipinski definition) is 1. The Labute approximate surface area is 149 Å². The van der Waals surface area contributed by atoms with E-state index in [9.17, 15) is 8.42 Å². The van der Waals surface area contributed by atoms with Crippen LogP contribution in [-0.4, -0.2) is 39.5 Å². The second-order valence-electron chi connectivity index (χ2n) is 6.28. The first-order valence-corrected chi connectivity index (χ1v) is 9.89. The molecule has 136 valence electrons. The number of nitrogens with one attached hydrogen (secondary N) is 1. The molecule has 1 atom stereocenters. The Morgan fingerprint density at radius 2 is 1.92 bits per heavy atom. The number of nitrogens with zero attached hydrogens (tertiary/aromatic N) is 1. The van der Waals surface area contributed by atoms with Gasteiger partial charge in [0.2, 0.25) is 0 Å². The predicted octanol–water partition coefficient (Wildman–Crippen LogP) is 2.56. The predicted molar refractivity (Wildman–Crippen MR) is 95.2 cm³/mol. The van der Waals surface area contributed by atoms with E-state index in [0.717, 1.165) is 18.4 Å². The maximum atomic E-state index is 12.9. The first-order chi connectivity index (χ1) is 12.1. The lowest BCUT2D eigenvalue weighted by Gasteiger charge is -2.32. The highest BCUT2D eigenvalue weighted by Gasteiger charge is 2.31. The molecule has 1 unspecified atom stereocenters. The standard InChI is InChI=1S/C18H24N2O4S/c1-23-14-15-9-11-20(12-10-15)25(21,22)19-18(17-8-5-13-24-17)16-6-3-2-4-7-16/h2-8,13,15,18-19H,9-12,14H2,1H3. The SMILES string of the molecule is COCC1CCN(S(=O)(=O)NC(c2ccccc2)c2ccco2)CC1. The third-order valence-electron chi connectivity index (χ3n) is 4.54. The van der Waals surface area contributed by atoms with Crippen LogP contribution in [0.5, 0.6) is 0 Å². The van der Waals surface area contributed by atoms with Gasteiger partial charge >= 0.3 is 0 Å². The minimum Gasteiger partial charge on any atom is -0.467 e. The number of rotatable bonds is 7. The number of furan rings is 1. The van der Waals surface area contributed by atoms with E-state index in [1.54, 1.807) is 25.5 Å². The number of ether oxygens (including phenoxy) is 1. The molecule has 3 rings (SSSR count). The molecule has 1 saturated heterocycles. The van der Waals surface area contributed by atoms with Crippen molar-refractivity contribution in [3.05, 3.63) is 60.1 Å². The molecule has 1 N–H and O–H groups in total. The van der Waals surface area contributed by atoms with Gasteiger partial charge in [0.05, 0.1) is 6.26 Å². The molecule has 1 aromatic heterocycles. The molecule has 7 heteroatoms. The highest BCUT2D eigenvalue weighted by molar-refractivity contribution is 7.87. The molecule has 25 heavy (non-hydrogen) atoms. The van der Waals surface area contributed by atoms with Crippen LogP contribution in [0.4, 0.5) is 0 Å². The fourth-order valence-corrected chi connectivity index (χ4v) is 4.56. The summed E-state index contributed by atoms with van der Waals surface area (Å²) in [5.41, 5.74) is 0.843. The molecule has 0 amide bonds. The van der Waals surface area contributed by atoms with Crippen LogP contribution in [0.3, 0.4) is 0 Å². The average molecular weight is 364 g/mol. The quantitative estimate of drug-likeness (QED) is 0.820. The van der Waals surface area contributed by atoms with E-state index in [1.807, 2.05) is 30.3 Å². The van der Waals surface area contributed by atoms with Crippen molar-refractivity contribution in [2.24, 2.45) is 5.92 Å². The second kappa shape index (κ2) is 8.14. The fraction of sp³-hybridized carbons (Fsp3) is 0.444. The number of hydrogen-bond acceptors (Lipinski definition) is 4. The van der Waals surface area contributed by atoms with Crippen LogP contribution in [-0.2, 0) is 14.9 Å². The number of piperidine rings is 1. The van der Waals surface area contributed by atoms with Crippen LogP contribution < -0.4 is 4.72 Å².